The average molecular weight is 410 g/mol. The summed E-state index contributed by atoms with van der Waals surface area (Å²) in [5.74, 6) is -3.29. The van der Waals surface area contributed by atoms with Gasteiger partial charge in [-0.15, -0.1) is 0 Å². The van der Waals surface area contributed by atoms with Crippen molar-refractivity contribution in [2.75, 3.05) is 6.61 Å². The monoisotopic (exact) mass is 410 g/mol. The van der Waals surface area contributed by atoms with Gasteiger partial charge < -0.3 is 30.5 Å². The summed E-state index contributed by atoms with van der Waals surface area (Å²) in [6.07, 6.45) is -5.52. The molecule has 29 heavy (non-hydrogen) atoms. The minimum absolute atomic E-state index is 0.309. The number of rotatable bonds is 8. The van der Waals surface area contributed by atoms with Crippen molar-refractivity contribution >= 4 is 17.8 Å². The number of aliphatic hydroxyl groups is 3. The van der Waals surface area contributed by atoms with Gasteiger partial charge >= 0.3 is 5.97 Å². The van der Waals surface area contributed by atoms with E-state index in [2.05, 4.69) is 10.8 Å². The summed E-state index contributed by atoms with van der Waals surface area (Å²) in [4.78, 5) is 39.3. The summed E-state index contributed by atoms with van der Waals surface area (Å²) in [5, 5.41) is 42.0. The third-order valence-electron chi connectivity index (χ3n) is 4.07. The van der Waals surface area contributed by atoms with Crippen LogP contribution in [-0.2, 0) is 19.2 Å². The molecule has 1 aliphatic rings. The number of hydrogen-bond acceptors (Lipinski definition) is 8. The SMILES string of the molecule is CC(=O)N[C@H]1[C@H]([C@H](O)[C@H](O)CONC(=O)c2ccccc2)OC(C(=O)O)=C[C@@H]1O. The molecule has 0 unspecified atom stereocenters. The van der Waals surface area contributed by atoms with Gasteiger partial charge in [0.25, 0.3) is 5.91 Å². The first-order valence-electron chi connectivity index (χ1n) is 8.61. The van der Waals surface area contributed by atoms with E-state index < -0.39 is 60.6 Å². The Morgan fingerprint density at radius 1 is 1.21 bits per heavy atom. The molecule has 2 amide bonds. The third kappa shape index (κ3) is 5.99. The van der Waals surface area contributed by atoms with Crippen LogP contribution in [0.5, 0.6) is 0 Å². The largest absolute Gasteiger partial charge is 0.478 e. The predicted octanol–water partition coefficient (Wildman–Crippen LogP) is -1.70. The molecule has 6 N–H and O–H groups in total. The van der Waals surface area contributed by atoms with Crippen molar-refractivity contribution < 1.29 is 44.4 Å². The van der Waals surface area contributed by atoms with E-state index in [1.54, 1.807) is 30.3 Å². The molecule has 5 atom stereocenters. The highest BCUT2D eigenvalue weighted by molar-refractivity contribution is 5.93. The quantitative estimate of drug-likeness (QED) is 0.273. The minimum atomic E-state index is -1.77. The lowest BCUT2D eigenvalue weighted by Crippen LogP contribution is -2.60. The van der Waals surface area contributed by atoms with E-state index in [1.165, 1.54) is 0 Å². The molecule has 1 aromatic rings. The number of aliphatic carboxylic acids is 1. The average Bonchev–Trinajstić information content (AvgIpc) is 2.68. The maximum atomic E-state index is 11.9. The Balaban J connectivity index is 2.00. The Morgan fingerprint density at radius 2 is 1.86 bits per heavy atom. The van der Waals surface area contributed by atoms with Crippen molar-refractivity contribution in [3.8, 4) is 0 Å². The molecular weight excluding hydrogens is 388 g/mol. The van der Waals surface area contributed by atoms with E-state index in [1.807, 2.05) is 0 Å². The van der Waals surface area contributed by atoms with Crippen LogP contribution in [0.3, 0.4) is 0 Å². The number of carboxylic acids is 1. The molecule has 1 aliphatic heterocycles. The Bertz CT molecular complexity index is 768. The van der Waals surface area contributed by atoms with E-state index in [-0.39, 0.29) is 0 Å². The summed E-state index contributed by atoms with van der Waals surface area (Å²) in [5.41, 5.74) is 2.40. The van der Waals surface area contributed by atoms with Gasteiger partial charge in [0.2, 0.25) is 11.7 Å². The summed E-state index contributed by atoms with van der Waals surface area (Å²) in [7, 11) is 0. The zero-order valence-electron chi connectivity index (χ0n) is 15.4. The number of carbonyl (C=O) groups is 3. The number of aliphatic hydroxyl groups excluding tert-OH is 3. The summed E-state index contributed by atoms with van der Waals surface area (Å²) < 4.78 is 5.15. The molecule has 0 saturated heterocycles. The highest BCUT2D eigenvalue weighted by Gasteiger charge is 2.43. The second-order valence-electron chi connectivity index (χ2n) is 6.30. The molecule has 0 saturated carbocycles. The van der Waals surface area contributed by atoms with E-state index in [9.17, 15) is 29.7 Å². The van der Waals surface area contributed by atoms with Gasteiger partial charge in [-0.3, -0.25) is 14.4 Å². The minimum Gasteiger partial charge on any atom is -0.478 e. The van der Waals surface area contributed by atoms with Crippen LogP contribution < -0.4 is 10.8 Å². The Morgan fingerprint density at radius 3 is 2.45 bits per heavy atom. The maximum absolute atomic E-state index is 11.9. The Labute approximate surface area is 165 Å². The van der Waals surface area contributed by atoms with E-state index in [0.717, 1.165) is 13.0 Å². The summed E-state index contributed by atoms with van der Waals surface area (Å²) in [6, 6.07) is 6.88. The smallest absolute Gasteiger partial charge is 0.370 e. The molecular formula is C18H22N2O9. The molecule has 11 heteroatoms. The van der Waals surface area contributed by atoms with Crippen molar-refractivity contribution in [2.24, 2.45) is 0 Å². The van der Waals surface area contributed by atoms with Crippen LogP contribution in [0.4, 0.5) is 0 Å². The number of ether oxygens (including phenoxy) is 1. The number of amides is 2. The number of benzene rings is 1. The van der Waals surface area contributed by atoms with E-state index >= 15 is 0 Å². The molecule has 0 bridgehead atoms. The van der Waals surface area contributed by atoms with Gasteiger partial charge in [-0.2, -0.15) is 0 Å². The molecule has 0 fully saturated rings. The summed E-state index contributed by atoms with van der Waals surface area (Å²) >= 11 is 0. The van der Waals surface area contributed by atoms with Crippen molar-refractivity contribution in [3.63, 3.8) is 0 Å². The number of carbonyl (C=O) groups excluding carboxylic acids is 2. The second-order valence-corrected chi connectivity index (χ2v) is 6.30. The first-order valence-corrected chi connectivity index (χ1v) is 8.61. The van der Waals surface area contributed by atoms with Crippen LogP contribution >= 0.6 is 0 Å². The van der Waals surface area contributed by atoms with Crippen LogP contribution in [-0.4, -0.2) is 75.3 Å². The van der Waals surface area contributed by atoms with Gasteiger partial charge in [-0.05, 0) is 18.2 Å². The zero-order chi connectivity index (χ0) is 21.6. The number of hydroxylamine groups is 1. The van der Waals surface area contributed by atoms with Crippen LogP contribution in [0.1, 0.15) is 17.3 Å². The fourth-order valence-electron chi connectivity index (χ4n) is 2.68. The zero-order valence-corrected chi connectivity index (χ0v) is 15.4. The van der Waals surface area contributed by atoms with Crippen molar-refractivity contribution in [1.29, 1.82) is 0 Å². The number of carboxylic acid groups (broad SMARTS) is 1. The lowest BCUT2D eigenvalue weighted by atomic mass is 9.94. The van der Waals surface area contributed by atoms with E-state index in [4.69, 9.17) is 14.7 Å². The standard InChI is InChI=1S/C18H22N2O9/c1-9(21)19-14-11(22)7-13(18(26)27)29-16(14)15(24)12(23)8-28-20-17(25)10-5-3-2-4-6-10/h2-7,11-12,14-16,22-24H,8H2,1H3,(H,19,21)(H,20,25)(H,26,27)/t11-,12+,14+,15+,16+/m0/s1. The van der Waals surface area contributed by atoms with Crippen molar-refractivity contribution in [2.45, 2.75) is 37.4 Å². The Hall–Kier alpha value is -2.99. The van der Waals surface area contributed by atoms with Crippen LogP contribution in [0.2, 0.25) is 0 Å². The third-order valence-corrected chi connectivity index (χ3v) is 4.07. The molecule has 0 spiro atoms. The van der Waals surface area contributed by atoms with Gasteiger partial charge in [-0.25, -0.2) is 10.3 Å². The predicted molar refractivity (Wildman–Crippen MR) is 96.1 cm³/mol. The molecule has 0 aliphatic carbocycles. The highest BCUT2D eigenvalue weighted by Crippen LogP contribution is 2.23. The van der Waals surface area contributed by atoms with Gasteiger partial charge in [0, 0.05) is 12.5 Å². The molecule has 0 radical (unpaired) electrons. The normalized spacial score (nSPS) is 23.2. The van der Waals surface area contributed by atoms with Gasteiger partial charge in [-0.1, -0.05) is 18.2 Å². The lowest BCUT2D eigenvalue weighted by molar-refractivity contribution is -0.152. The van der Waals surface area contributed by atoms with Crippen molar-refractivity contribution in [3.05, 3.63) is 47.7 Å². The number of nitrogens with one attached hydrogen (secondary N) is 2. The summed E-state index contributed by atoms with van der Waals surface area (Å²) in [6.45, 7) is 0.583. The fraction of sp³-hybridized carbons (Fsp3) is 0.389. The Kier molecular flexibility index (Phi) is 7.67. The van der Waals surface area contributed by atoms with Crippen LogP contribution in [0, 0.1) is 0 Å². The maximum Gasteiger partial charge on any atom is 0.370 e. The first kappa shape index (κ1) is 22.3. The highest BCUT2D eigenvalue weighted by atomic mass is 16.7. The lowest BCUT2D eigenvalue weighted by Gasteiger charge is -2.38. The molecule has 11 nitrogen and oxygen atoms in total. The number of hydrogen-bond donors (Lipinski definition) is 6. The molecule has 158 valence electrons. The van der Waals surface area contributed by atoms with Crippen LogP contribution in [0.25, 0.3) is 0 Å². The van der Waals surface area contributed by atoms with Gasteiger partial charge in [0.15, 0.2) is 6.10 Å². The molecule has 1 aromatic carbocycles. The second kappa shape index (κ2) is 9.98. The van der Waals surface area contributed by atoms with Crippen molar-refractivity contribution in [1.82, 2.24) is 10.8 Å². The molecule has 0 aromatic heterocycles. The van der Waals surface area contributed by atoms with Crippen LogP contribution in [0.15, 0.2) is 42.2 Å². The van der Waals surface area contributed by atoms with Gasteiger partial charge in [0.1, 0.15) is 24.9 Å². The molecule has 2 rings (SSSR count). The topological polar surface area (TPSA) is 175 Å². The fourth-order valence-corrected chi connectivity index (χ4v) is 2.68. The van der Waals surface area contributed by atoms with E-state index in [0.29, 0.717) is 5.56 Å². The van der Waals surface area contributed by atoms with Gasteiger partial charge in [0.05, 0.1) is 6.04 Å². The molecule has 1 heterocycles. The first-order chi connectivity index (χ1) is 13.7.